The normalized spacial score (nSPS) is 13.2. The molecule has 0 saturated carbocycles. The van der Waals surface area contributed by atoms with Crippen LogP contribution in [0, 0.1) is 13.8 Å². The van der Waals surface area contributed by atoms with Crippen molar-refractivity contribution in [2.75, 3.05) is 13.2 Å². The van der Waals surface area contributed by atoms with Gasteiger partial charge in [-0.05, 0) is 60.4 Å². The number of aryl methyl sites for hydroxylation is 2. The molecule has 2 atom stereocenters. The molecule has 0 radical (unpaired) electrons. The van der Waals surface area contributed by atoms with E-state index >= 15 is 0 Å². The van der Waals surface area contributed by atoms with Crippen molar-refractivity contribution in [3.63, 3.8) is 0 Å². The summed E-state index contributed by atoms with van der Waals surface area (Å²) in [6.45, 7) is 8.14. The van der Waals surface area contributed by atoms with Crippen LogP contribution in [0.2, 0.25) is 0 Å². The Kier molecular flexibility index (Phi) is 6.83. The maximum absolute atomic E-state index is 10.0. The lowest BCUT2D eigenvalue weighted by atomic mass is 9.84. The predicted octanol–water partition coefficient (Wildman–Crippen LogP) is 8.10. The summed E-state index contributed by atoms with van der Waals surface area (Å²) in [4.78, 5) is 0. The van der Waals surface area contributed by atoms with Gasteiger partial charge in [0.1, 0.15) is 24.7 Å². The highest BCUT2D eigenvalue weighted by Gasteiger charge is 2.23. The fraction of sp³-hybridized carbons (Fsp3) is 0.222. The molecule has 0 aliphatic rings. The quantitative estimate of drug-likeness (QED) is 0.205. The zero-order valence-electron chi connectivity index (χ0n) is 23.4. The number of ether oxygens (including phenoxy) is 2. The van der Waals surface area contributed by atoms with Gasteiger partial charge in [-0.1, -0.05) is 96.1 Å². The van der Waals surface area contributed by atoms with Crippen molar-refractivity contribution in [2.45, 2.75) is 39.9 Å². The number of hydrogen-bond acceptors (Lipinski definition) is 4. The van der Waals surface area contributed by atoms with Crippen LogP contribution in [0.3, 0.4) is 0 Å². The van der Waals surface area contributed by atoms with E-state index < -0.39 is 12.2 Å². The number of aliphatic hydroxyl groups excluding tert-OH is 2. The van der Waals surface area contributed by atoms with Gasteiger partial charge in [-0.2, -0.15) is 0 Å². The molecular formula is C36H34O4. The first-order valence-corrected chi connectivity index (χ1v) is 13.9. The minimum Gasteiger partial charge on any atom is -0.490 e. The van der Waals surface area contributed by atoms with E-state index in [-0.39, 0.29) is 13.2 Å². The number of aliphatic hydroxyl groups is 2. The van der Waals surface area contributed by atoms with E-state index in [1.54, 1.807) is 13.8 Å². The van der Waals surface area contributed by atoms with Gasteiger partial charge in [0.15, 0.2) is 0 Å². The van der Waals surface area contributed by atoms with Crippen LogP contribution in [-0.4, -0.2) is 35.6 Å². The maximum Gasteiger partial charge on any atom is 0.135 e. The molecule has 2 unspecified atom stereocenters. The van der Waals surface area contributed by atoms with Crippen molar-refractivity contribution >= 4 is 43.1 Å². The molecule has 4 nitrogen and oxygen atoms in total. The number of benzene rings is 6. The van der Waals surface area contributed by atoms with Gasteiger partial charge in [0.05, 0.1) is 12.2 Å². The Hall–Kier alpha value is -4.12. The number of rotatable bonds is 7. The van der Waals surface area contributed by atoms with Gasteiger partial charge in [0.25, 0.3) is 0 Å². The van der Waals surface area contributed by atoms with Crippen LogP contribution in [0.1, 0.15) is 25.0 Å². The molecule has 0 bridgehead atoms. The maximum atomic E-state index is 10.0. The summed E-state index contributed by atoms with van der Waals surface area (Å²) in [5.74, 6) is 1.58. The summed E-state index contributed by atoms with van der Waals surface area (Å²) in [7, 11) is 0. The molecule has 0 aromatic heterocycles. The van der Waals surface area contributed by atoms with Gasteiger partial charge in [-0.25, -0.2) is 0 Å². The molecule has 202 valence electrons. The third-order valence-electron chi connectivity index (χ3n) is 7.45. The lowest BCUT2D eigenvalue weighted by molar-refractivity contribution is 0.124. The molecule has 0 saturated heterocycles. The van der Waals surface area contributed by atoms with Crippen LogP contribution in [0.4, 0.5) is 0 Å². The monoisotopic (exact) mass is 530 g/mol. The molecular weight excluding hydrogens is 496 g/mol. The van der Waals surface area contributed by atoms with E-state index in [1.807, 2.05) is 12.1 Å². The topological polar surface area (TPSA) is 58.9 Å². The van der Waals surface area contributed by atoms with E-state index in [4.69, 9.17) is 9.47 Å². The lowest BCUT2D eigenvalue weighted by Gasteiger charge is -2.22. The first kappa shape index (κ1) is 26.1. The molecule has 0 aliphatic carbocycles. The van der Waals surface area contributed by atoms with Crippen molar-refractivity contribution in [1.82, 2.24) is 0 Å². The third-order valence-corrected chi connectivity index (χ3v) is 7.45. The lowest BCUT2D eigenvalue weighted by Crippen LogP contribution is -2.13. The van der Waals surface area contributed by atoms with E-state index in [0.29, 0.717) is 0 Å². The molecule has 6 rings (SSSR count). The van der Waals surface area contributed by atoms with Crippen molar-refractivity contribution in [1.29, 1.82) is 0 Å². The van der Waals surface area contributed by atoms with Crippen LogP contribution < -0.4 is 9.47 Å². The highest BCUT2D eigenvalue weighted by Crippen LogP contribution is 2.50. The van der Waals surface area contributed by atoms with E-state index in [2.05, 4.69) is 86.6 Å². The second-order valence-corrected chi connectivity index (χ2v) is 10.9. The molecule has 0 aliphatic heterocycles. The molecule has 6 aromatic carbocycles. The summed E-state index contributed by atoms with van der Waals surface area (Å²) in [6.07, 6.45) is -1.16. The summed E-state index contributed by atoms with van der Waals surface area (Å²) >= 11 is 0. The molecule has 0 heterocycles. The van der Waals surface area contributed by atoms with Gasteiger partial charge >= 0.3 is 0 Å². The van der Waals surface area contributed by atoms with Gasteiger partial charge in [-0.15, -0.1) is 0 Å². The third kappa shape index (κ3) is 4.53. The van der Waals surface area contributed by atoms with Crippen molar-refractivity contribution in [2.24, 2.45) is 0 Å². The Labute approximate surface area is 234 Å². The van der Waals surface area contributed by atoms with Crippen molar-refractivity contribution < 1.29 is 19.7 Å². The first-order valence-electron chi connectivity index (χ1n) is 13.9. The molecule has 0 spiro atoms. The summed E-state index contributed by atoms with van der Waals surface area (Å²) < 4.78 is 12.6. The molecule has 6 aromatic rings. The van der Waals surface area contributed by atoms with Crippen LogP contribution in [-0.2, 0) is 0 Å². The smallest absolute Gasteiger partial charge is 0.135 e. The van der Waals surface area contributed by atoms with Crippen LogP contribution in [0.25, 0.3) is 54.2 Å². The fourth-order valence-electron chi connectivity index (χ4n) is 5.76. The van der Waals surface area contributed by atoms with Crippen LogP contribution in [0.5, 0.6) is 11.5 Å². The largest absolute Gasteiger partial charge is 0.490 e. The zero-order valence-corrected chi connectivity index (χ0v) is 23.4. The molecule has 4 heteroatoms. The second kappa shape index (κ2) is 10.5. The van der Waals surface area contributed by atoms with Gasteiger partial charge in [0, 0.05) is 21.5 Å². The molecule has 2 N–H and O–H groups in total. The van der Waals surface area contributed by atoms with Gasteiger partial charge in [0.2, 0.25) is 0 Å². The van der Waals surface area contributed by atoms with Gasteiger partial charge < -0.3 is 19.7 Å². The minimum absolute atomic E-state index is 0.215. The number of fused-ring (bicyclic) bond motifs is 4. The fourth-order valence-corrected chi connectivity index (χ4v) is 5.76. The Balaban J connectivity index is 1.82. The van der Waals surface area contributed by atoms with E-state index in [1.165, 1.54) is 0 Å². The molecule has 0 fully saturated rings. The number of hydrogen-bond donors (Lipinski definition) is 2. The summed E-state index contributed by atoms with van der Waals surface area (Å²) in [5, 5.41) is 28.5. The average Bonchev–Trinajstić information content (AvgIpc) is 2.93. The summed E-state index contributed by atoms with van der Waals surface area (Å²) in [5.41, 5.74) is 4.61. The van der Waals surface area contributed by atoms with E-state index in [0.717, 1.165) is 76.8 Å². The van der Waals surface area contributed by atoms with Crippen molar-refractivity contribution in [3.8, 4) is 22.6 Å². The Morgan fingerprint density at radius 1 is 0.500 bits per heavy atom. The molecule has 40 heavy (non-hydrogen) atoms. The molecule has 0 amide bonds. The average molecular weight is 531 g/mol. The van der Waals surface area contributed by atoms with Crippen LogP contribution in [0.15, 0.2) is 84.9 Å². The second-order valence-electron chi connectivity index (χ2n) is 10.9. The van der Waals surface area contributed by atoms with Crippen molar-refractivity contribution in [3.05, 3.63) is 96.1 Å². The highest BCUT2D eigenvalue weighted by atomic mass is 16.5. The zero-order chi connectivity index (χ0) is 28.0. The summed E-state index contributed by atoms with van der Waals surface area (Å²) in [6, 6.07) is 29.7. The standard InChI is InChI=1S/C36H34O4/c1-21-13-15-29-31(17-21)33(25-9-5-7-11-27(25)35(29)39-19-23(3)37)34-26-10-6-8-12-28(26)36(40-20-24(4)38)30-16-14-22(2)18-32(30)34/h5-18,23-24,37-38H,19-20H2,1-4H3. The predicted molar refractivity (Wildman–Crippen MR) is 166 cm³/mol. The minimum atomic E-state index is -0.580. The Morgan fingerprint density at radius 3 is 1.23 bits per heavy atom. The van der Waals surface area contributed by atoms with Crippen LogP contribution >= 0.6 is 0 Å². The van der Waals surface area contributed by atoms with Gasteiger partial charge in [-0.3, -0.25) is 0 Å². The Morgan fingerprint density at radius 2 is 0.850 bits per heavy atom. The first-order chi connectivity index (χ1) is 19.3. The Bertz CT molecular complexity index is 1750. The SMILES string of the molecule is Cc1ccc2c(OCC(C)O)c3ccccc3c(-c3c4ccccc4c(OCC(C)O)c4ccc(C)cc34)c2c1. The van der Waals surface area contributed by atoms with E-state index in [9.17, 15) is 10.2 Å². The highest BCUT2D eigenvalue weighted by molar-refractivity contribution is 6.26.